The molecular formula is C20H25FN2O4S. The third-order valence-corrected chi connectivity index (χ3v) is 5.84. The second-order valence-corrected chi connectivity index (χ2v) is 8.20. The van der Waals surface area contributed by atoms with E-state index in [9.17, 15) is 17.6 Å². The highest BCUT2D eigenvalue weighted by atomic mass is 32.2. The Hall–Kier alpha value is -2.45. The summed E-state index contributed by atoms with van der Waals surface area (Å²) in [5, 5.41) is 0. The highest BCUT2D eigenvalue weighted by Crippen LogP contribution is 2.14. The van der Waals surface area contributed by atoms with Crippen LogP contribution in [0.3, 0.4) is 0 Å². The van der Waals surface area contributed by atoms with Gasteiger partial charge in [0, 0.05) is 18.7 Å². The topological polar surface area (TPSA) is 75.7 Å². The number of ether oxygens (including phenoxy) is 1. The molecule has 2 aromatic carbocycles. The van der Waals surface area contributed by atoms with Crippen molar-refractivity contribution in [1.82, 2.24) is 9.62 Å². The molecule has 0 aliphatic rings. The lowest BCUT2D eigenvalue weighted by Gasteiger charge is -2.18. The van der Waals surface area contributed by atoms with Gasteiger partial charge in [0.2, 0.25) is 10.0 Å². The van der Waals surface area contributed by atoms with Crippen molar-refractivity contribution in [2.45, 2.75) is 31.2 Å². The Kier molecular flexibility index (Phi) is 7.53. The smallest absolute Gasteiger partial charge is 0.253 e. The highest BCUT2D eigenvalue weighted by molar-refractivity contribution is 7.89. The Labute approximate surface area is 165 Å². The van der Waals surface area contributed by atoms with E-state index in [0.29, 0.717) is 24.3 Å². The van der Waals surface area contributed by atoms with Crippen molar-refractivity contribution in [3.63, 3.8) is 0 Å². The van der Waals surface area contributed by atoms with E-state index in [1.54, 1.807) is 14.0 Å². The van der Waals surface area contributed by atoms with E-state index in [4.69, 9.17) is 4.74 Å². The van der Waals surface area contributed by atoms with E-state index in [-0.39, 0.29) is 29.3 Å². The molecule has 1 atom stereocenters. The number of carbonyl (C=O) groups excluding carboxylic acids is 1. The molecule has 0 spiro atoms. The lowest BCUT2D eigenvalue weighted by molar-refractivity contribution is 0.0773. The summed E-state index contributed by atoms with van der Waals surface area (Å²) in [7, 11) is -1.97. The van der Waals surface area contributed by atoms with Gasteiger partial charge in [0.25, 0.3) is 5.91 Å². The number of nitrogens with zero attached hydrogens (tertiary/aromatic N) is 1. The molecule has 0 aromatic heterocycles. The van der Waals surface area contributed by atoms with Gasteiger partial charge in [-0.05, 0) is 61.9 Å². The number of rotatable bonds is 9. The maximum atomic E-state index is 12.9. The quantitative estimate of drug-likeness (QED) is 0.692. The van der Waals surface area contributed by atoms with Crippen molar-refractivity contribution in [3.8, 4) is 5.75 Å². The van der Waals surface area contributed by atoms with Gasteiger partial charge in [0.1, 0.15) is 18.2 Å². The van der Waals surface area contributed by atoms with Gasteiger partial charge in [-0.1, -0.05) is 6.92 Å². The molecule has 0 radical (unpaired) electrons. The predicted octanol–water partition coefficient (Wildman–Crippen LogP) is 3.05. The fraction of sp³-hybridized carbons (Fsp3) is 0.350. The van der Waals surface area contributed by atoms with Gasteiger partial charge in [-0.15, -0.1) is 0 Å². The van der Waals surface area contributed by atoms with Gasteiger partial charge >= 0.3 is 0 Å². The van der Waals surface area contributed by atoms with Crippen molar-refractivity contribution in [2.24, 2.45) is 0 Å². The van der Waals surface area contributed by atoms with Gasteiger partial charge in [0.15, 0.2) is 0 Å². The molecule has 0 saturated carbocycles. The fourth-order valence-corrected chi connectivity index (χ4v) is 3.67. The molecule has 8 heteroatoms. The molecule has 2 rings (SSSR count). The van der Waals surface area contributed by atoms with Gasteiger partial charge in [-0.3, -0.25) is 4.79 Å². The summed E-state index contributed by atoms with van der Waals surface area (Å²) in [6, 6.07) is 11.3. The first kappa shape index (κ1) is 21.8. The molecule has 0 bridgehead atoms. The first-order valence-electron chi connectivity index (χ1n) is 8.99. The SMILES string of the molecule is CCC(C)NS(=O)(=O)c1ccc(C(=O)N(C)CCOc2ccc(F)cc2)cc1. The van der Waals surface area contributed by atoms with E-state index in [1.165, 1.54) is 53.4 Å². The number of halogens is 1. The van der Waals surface area contributed by atoms with Gasteiger partial charge in [-0.2, -0.15) is 0 Å². The van der Waals surface area contributed by atoms with Crippen molar-refractivity contribution in [2.75, 3.05) is 20.2 Å². The number of benzene rings is 2. The van der Waals surface area contributed by atoms with Gasteiger partial charge in [-0.25, -0.2) is 17.5 Å². The molecule has 0 fully saturated rings. The molecular weight excluding hydrogens is 383 g/mol. The summed E-state index contributed by atoms with van der Waals surface area (Å²) >= 11 is 0. The summed E-state index contributed by atoms with van der Waals surface area (Å²) in [4.78, 5) is 14.1. The van der Waals surface area contributed by atoms with Crippen LogP contribution in [0.25, 0.3) is 0 Å². The molecule has 1 amide bonds. The first-order chi connectivity index (χ1) is 13.2. The van der Waals surface area contributed by atoms with Crippen molar-refractivity contribution >= 4 is 15.9 Å². The molecule has 1 N–H and O–H groups in total. The molecule has 6 nitrogen and oxygen atoms in total. The van der Waals surface area contributed by atoms with E-state index < -0.39 is 10.0 Å². The van der Waals surface area contributed by atoms with Crippen molar-refractivity contribution < 1.29 is 22.3 Å². The van der Waals surface area contributed by atoms with E-state index in [2.05, 4.69) is 4.72 Å². The Morgan fingerprint density at radius 2 is 1.75 bits per heavy atom. The summed E-state index contributed by atoms with van der Waals surface area (Å²) < 4.78 is 45.5. The van der Waals surface area contributed by atoms with Crippen LogP contribution in [0.1, 0.15) is 30.6 Å². The molecule has 0 aliphatic carbocycles. The molecule has 28 heavy (non-hydrogen) atoms. The largest absolute Gasteiger partial charge is 0.492 e. The highest BCUT2D eigenvalue weighted by Gasteiger charge is 2.18. The van der Waals surface area contributed by atoms with Crippen LogP contribution in [-0.4, -0.2) is 45.5 Å². The maximum absolute atomic E-state index is 12.9. The summed E-state index contributed by atoms with van der Waals surface area (Å²) in [6.45, 7) is 4.26. The number of sulfonamides is 1. The number of nitrogens with one attached hydrogen (secondary N) is 1. The molecule has 0 heterocycles. The van der Waals surface area contributed by atoms with Gasteiger partial charge < -0.3 is 9.64 Å². The third-order valence-electron chi connectivity index (χ3n) is 4.24. The van der Waals surface area contributed by atoms with Crippen LogP contribution in [0.4, 0.5) is 4.39 Å². The normalized spacial score (nSPS) is 12.4. The van der Waals surface area contributed by atoms with E-state index in [1.807, 2.05) is 6.92 Å². The Morgan fingerprint density at radius 3 is 2.32 bits per heavy atom. The van der Waals surface area contributed by atoms with Crippen LogP contribution >= 0.6 is 0 Å². The maximum Gasteiger partial charge on any atom is 0.253 e. The zero-order valence-corrected chi connectivity index (χ0v) is 17.0. The monoisotopic (exact) mass is 408 g/mol. The average Bonchev–Trinajstić information content (AvgIpc) is 2.68. The van der Waals surface area contributed by atoms with Crippen LogP contribution in [0.2, 0.25) is 0 Å². The lowest BCUT2D eigenvalue weighted by atomic mass is 10.2. The molecule has 152 valence electrons. The molecule has 0 saturated heterocycles. The molecule has 1 unspecified atom stereocenters. The first-order valence-corrected chi connectivity index (χ1v) is 10.5. The Balaban J connectivity index is 1.93. The van der Waals surface area contributed by atoms with Crippen LogP contribution in [0, 0.1) is 5.82 Å². The lowest BCUT2D eigenvalue weighted by Crippen LogP contribution is -2.32. The van der Waals surface area contributed by atoms with Crippen molar-refractivity contribution in [1.29, 1.82) is 0 Å². The number of hydrogen-bond donors (Lipinski definition) is 1. The van der Waals surface area contributed by atoms with E-state index >= 15 is 0 Å². The number of likely N-dealkylation sites (N-methyl/N-ethyl adjacent to an activating group) is 1. The van der Waals surface area contributed by atoms with E-state index in [0.717, 1.165) is 0 Å². The second-order valence-electron chi connectivity index (χ2n) is 6.48. The third kappa shape index (κ3) is 6.03. The second kappa shape index (κ2) is 9.66. The number of carbonyl (C=O) groups is 1. The predicted molar refractivity (Wildman–Crippen MR) is 105 cm³/mol. The summed E-state index contributed by atoms with van der Waals surface area (Å²) in [5.74, 6) is -0.0726. The minimum Gasteiger partial charge on any atom is -0.492 e. The standard InChI is InChI=1S/C20H25FN2O4S/c1-4-15(2)22-28(25,26)19-11-5-16(6-12-19)20(24)23(3)13-14-27-18-9-7-17(21)8-10-18/h5-12,15,22H,4,13-14H2,1-3H3. The Bertz CT molecular complexity index is 883. The zero-order chi connectivity index (χ0) is 20.7. The van der Waals surface area contributed by atoms with Crippen LogP contribution < -0.4 is 9.46 Å². The van der Waals surface area contributed by atoms with Crippen molar-refractivity contribution in [3.05, 3.63) is 59.9 Å². The number of hydrogen-bond acceptors (Lipinski definition) is 4. The molecule has 2 aromatic rings. The Morgan fingerprint density at radius 1 is 1.14 bits per heavy atom. The number of amides is 1. The minimum absolute atomic E-state index is 0.117. The zero-order valence-electron chi connectivity index (χ0n) is 16.2. The minimum atomic E-state index is -3.60. The summed E-state index contributed by atoms with van der Waals surface area (Å²) in [5.41, 5.74) is 0.381. The van der Waals surface area contributed by atoms with Crippen LogP contribution in [0.5, 0.6) is 5.75 Å². The molecule has 0 aliphatic heterocycles. The fourth-order valence-electron chi connectivity index (χ4n) is 2.35. The van der Waals surface area contributed by atoms with Crippen LogP contribution in [-0.2, 0) is 10.0 Å². The average molecular weight is 408 g/mol. The summed E-state index contributed by atoms with van der Waals surface area (Å²) in [6.07, 6.45) is 0.681. The van der Waals surface area contributed by atoms with Crippen LogP contribution in [0.15, 0.2) is 53.4 Å². The van der Waals surface area contributed by atoms with Gasteiger partial charge in [0.05, 0.1) is 11.4 Å².